The number of unbranched alkanes of at least 4 members (excludes halogenated alkanes) is 30. The number of benzene rings is 4. The molecule has 0 fully saturated rings. The van der Waals surface area contributed by atoms with Crippen LogP contribution in [0.4, 0.5) is 0 Å². The highest BCUT2D eigenvalue weighted by atomic mass is 28.4. The molecule has 4 aromatic carbocycles. The molecule has 0 amide bonds. The first kappa shape index (κ1) is 70.1. The second-order valence-corrected chi connectivity index (χ2v) is 28.1. The minimum Gasteiger partial charge on any atom is -0.405 e. The molecule has 4 rings (SSSR count). The third-order valence-corrected chi connectivity index (χ3v) is 20.6. The first-order valence-electron chi connectivity index (χ1n) is 32.7. The third kappa shape index (κ3) is 34.2. The molecular weight excluding hydrogens is 989 g/mol. The van der Waals surface area contributed by atoms with Crippen molar-refractivity contribution in [3.05, 3.63) is 132 Å². The molecule has 0 unspecified atom stereocenters. The topological polar surface area (TPSA) is 66.4 Å². The summed E-state index contributed by atoms with van der Waals surface area (Å²) >= 11 is 0. The summed E-state index contributed by atoms with van der Waals surface area (Å²) in [7, 11) is -2.64. The molecule has 0 aliphatic heterocycles. The van der Waals surface area contributed by atoms with E-state index in [0.717, 1.165) is 31.6 Å². The summed E-state index contributed by atoms with van der Waals surface area (Å²) in [5.41, 5.74) is 2.33. The SMILES string of the molecule is CCCCCCCCCCCCCCCCCCO[C@@H](CO)COCc1ccccc1.CCCCCCCCCCCCCCCCCCO[C@H](COCc1ccccc1)CO[Si](c1ccccc1)(c1ccccc1)C(C)(C)C. The Balaban J connectivity index is 0.000000457. The molecule has 1 N–H and O–H groups in total. The van der Waals surface area contributed by atoms with Gasteiger partial charge in [0.05, 0.1) is 39.6 Å². The number of hydrogen-bond acceptors (Lipinski definition) is 6. The molecule has 0 saturated carbocycles. The van der Waals surface area contributed by atoms with E-state index in [1.807, 2.05) is 36.4 Å². The van der Waals surface area contributed by atoms with Crippen molar-refractivity contribution >= 4 is 18.7 Å². The molecule has 0 bridgehead atoms. The van der Waals surface area contributed by atoms with Crippen LogP contribution in [0, 0.1) is 0 Å². The van der Waals surface area contributed by atoms with Crippen LogP contribution in [0.25, 0.3) is 0 Å². The third-order valence-electron chi connectivity index (χ3n) is 15.6. The van der Waals surface area contributed by atoms with Crippen molar-refractivity contribution in [2.75, 3.05) is 39.6 Å². The lowest BCUT2D eigenvalue weighted by Crippen LogP contribution is -2.67. The van der Waals surface area contributed by atoms with Crippen molar-refractivity contribution in [2.24, 2.45) is 0 Å². The lowest BCUT2D eigenvalue weighted by atomic mass is 10.0. The van der Waals surface area contributed by atoms with Gasteiger partial charge < -0.3 is 28.5 Å². The summed E-state index contributed by atoms with van der Waals surface area (Å²) in [6.07, 6.45) is 43.6. The molecule has 2 atom stereocenters. The lowest BCUT2D eigenvalue weighted by molar-refractivity contribution is -0.0473. The van der Waals surface area contributed by atoms with Gasteiger partial charge in [0.2, 0.25) is 0 Å². The van der Waals surface area contributed by atoms with Crippen molar-refractivity contribution in [1.82, 2.24) is 0 Å². The van der Waals surface area contributed by atoms with Gasteiger partial charge in [-0.15, -0.1) is 0 Å². The Labute approximate surface area is 487 Å². The molecule has 0 spiro atoms. The summed E-state index contributed by atoms with van der Waals surface area (Å²) in [5, 5.41) is 12.0. The van der Waals surface area contributed by atoms with Gasteiger partial charge in [0, 0.05) is 13.2 Å². The average molecular weight is 1110 g/mol. The molecule has 7 heteroatoms. The zero-order valence-corrected chi connectivity index (χ0v) is 52.5. The number of ether oxygens (including phenoxy) is 4. The van der Waals surface area contributed by atoms with Crippen molar-refractivity contribution < 1.29 is 28.5 Å². The van der Waals surface area contributed by atoms with Crippen molar-refractivity contribution in [3.8, 4) is 0 Å². The Morgan fingerprint density at radius 1 is 0.354 bits per heavy atom. The smallest absolute Gasteiger partial charge is 0.261 e. The van der Waals surface area contributed by atoms with E-state index >= 15 is 0 Å². The van der Waals surface area contributed by atoms with E-state index < -0.39 is 8.32 Å². The lowest BCUT2D eigenvalue weighted by Gasteiger charge is -2.43. The van der Waals surface area contributed by atoms with Gasteiger partial charge in [0.25, 0.3) is 8.32 Å². The predicted molar refractivity (Wildman–Crippen MR) is 341 cm³/mol. The Morgan fingerprint density at radius 3 is 0.937 bits per heavy atom. The normalized spacial score (nSPS) is 12.6. The fourth-order valence-corrected chi connectivity index (χ4v) is 15.4. The van der Waals surface area contributed by atoms with Crippen molar-refractivity contribution in [1.29, 1.82) is 0 Å². The molecule has 79 heavy (non-hydrogen) atoms. The Bertz CT molecular complexity index is 1830. The Hall–Kier alpha value is -3.14. The Kier molecular flexibility index (Phi) is 43.0. The largest absolute Gasteiger partial charge is 0.405 e. The molecule has 0 aromatic heterocycles. The van der Waals surface area contributed by atoms with Gasteiger partial charge in [-0.2, -0.15) is 0 Å². The van der Waals surface area contributed by atoms with Gasteiger partial charge in [0.1, 0.15) is 12.2 Å². The summed E-state index contributed by atoms with van der Waals surface area (Å²) in [5.74, 6) is 0. The molecule has 4 aromatic rings. The minimum absolute atomic E-state index is 0.0215. The fraction of sp³-hybridized carbons (Fsp3) is 0.667. The molecule has 0 heterocycles. The quantitative estimate of drug-likeness (QED) is 0.0351. The molecule has 446 valence electrons. The van der Waals surface area contributed by atoms with Crippen molar-refractivity contribution in [2.45, 2.75) is 271 Å². The highest BCUT2D eigenvalue weighted by Crippen LogP contribution is 2.37. The summed E-state index contributed by atoms with van der Waals surface area (Å²) in [6, 6.07) is 42.3. The summed E-state index contributed by atoms with van der Waals surface area (Å²) < 4.78 is 31.5. The van der Waals surface area contributed by atoms with Crippen molar-refractivity contribution in [3.63, 3.8) is 0 Å². The Morgan fingerprint density at radius 2 is 0.633 bits per heavy atom. The molecule has 0 radical (unpaired) electrons. The van der Waals surface area contributed by atoms with Crippen LogP contribution in [0.15, 0.2) is 121 Å². The molecule has 0 saturated heterocycles. The van der Waals surface area contributed by atoms with Gasteiger partial charge in [0.15, 0.2) is 0 Å². The number of hydrogen-bond donors (Lipinski definition) is 1. The highest BCUT2D eigenvalue weighted by molar-refractivity contribution is 6.99. The summed E-state index contributed by atoms with van der Waals surface area (Å²) in [6.45, 7) is 15.7. The monoisotopic (exact) mass is 1110 g/mol. The zero-order valence-electron chi connectivity index (χ0n) is 51.5. The first-order valence-corrected chi connectivity index (χ1v) is 34.6. The van der Waals surface area contributed by atoms with E-state index in [-0.39, 0.29) is 23.9 Å². The van der Waals surface area contributed by atoms with E-state index in [1.54, 1.807) is 0 Å². The van der Waals surface area contributed by atoms with Crippen LogP contribution >= 0.6 is 0 Å². The number of aliphatic hydroxyl groups is 1. The zero-order chi connectivity index (χ0) is 56.4. The summed E-state index contributed by atoms with van der Waals surface area (Å²) in [4.78, 5) is 0. The van der Waals surface area contributed by atoms with Crippen LogP contribution in [-0.2, 0) is 36.6 Å². The van der Waals surface area contributed by atoms with Gasteiger partial charge in [-0.25, -0.2) is 0 Å². The molecule has 0 aliphatic rings. The van der Waals surface area contributed by atoms with E-state index in [1.165, 1.54) is 209 Å². The van der Waals surface area contributed by atoms with Gasteiger partial charge >= 0.3 is 0 Å². The standard InChI is InChI=1S/C44H68O3Si.C28H50O3/c1-5-6-7-8-9-10-11-12-13-14-15-16-17-18-19-29-36-46-41(38-45-37-40-30-23-20-24-31-40)39-47-48(44(2,3)4,42-32-25-21-26-33-42)43-34-27-22-28-35-43;1-2-3-4-5-6-7-8-9-10-11-12-13-14-15-16-20-23-31-28(24-29)26-30-25-27-21-18-17-19-22-27/h20-28,30-35,41H,5-19,29,36-39H2,1-4H3;17-19,21-22,28-29H,2-16,20,23-26H2,1H3/t41-;28-/m10/s1. The van der Waals surface area contributed by atoms with Crippen LogP contribution in [0.1, 0.15) is 251 Å². The fourth-order valence-electron chi connectivity index (χ4n) is 10.8. The van der Waals surface area contributed by atoms with Crippen LogP contribution in [-0.4, -0.2) is 65.3 Å². The van der Waals surface area contributed by atoms with E-state index in [4.69, 9.17) is 23.4 Å². The molecule has 6 nitrogen and oxygen atoms in total. The highest BCUT2D eigenvalue weighted by Gasteiger charge is 2.50. The molecule has 0 aliphatic carbocycles. The van der Waals surface area contributed by atoms with Gasteiger partial charge in [-0.05, 0) is 39.4 Å². The van der Waals surface area contributed by atoms with Gasteiger partial charge in [-0.1, -0.05) is 349 Å². The number of aliphatic hydroxyl groups excluding tert-OH is 1. The predicted octanol–water partition coefficient (Wildman–Crippen LogP) is 19.3. The van der Waals surface area contributed by atoms with Crippen LogP contribution in [0.5, 0.6) is 0 Å². The van der Waals surface area contributed by atoms with Crippen LogP contribution < -0.4 is 10.4 Å². The van der Waals surface area contributed by atoms with Gasteiger partial charge in [-0.3, -0.25) is 0 Å². The maximum atomic E-state index is 9.45. The maximum Gasteiger partial charge on any atom is 0.261 e. The second kappa shape index (κ2) is 48.4. The maximum absolute atomic E-state index is 9.45. The number of rotatable bonds is 50. The first-order chi connectivity index (χ1) is 38.8. The van der Waals surface area contributed by atoms with E-state index in [0.29, 0.717) is 33.0 Å². The minimum atomic E-state index is -2.64. The van der Waals surface area contributed by atoms with E-state index in [9.17, 15) is 5.11 Å². The van der Waals surface area contributed by atoms with Crippen LogP contribution in [0.3, 0.4) is 0 Å². The average Bonchev–Trinajstić information content (AvgIpc) is 3.64. The molecular formula is C72H118O6Si. The second-order valence-electron chi connectivity index (χ2n) is 23.8. The van der Waals surface area contributed by atoms with Crippen LogP contribution in [0.2, 0.25) is 5.04 Å². The van der Waals surface area contributed by atoms with E-state index in [2.05, 4.69) is 120 Å².